The summed E-state index contributed by atoms with van der Waals surface area (Å²) in [5, 5.41) is 0.537. The highest BCUT2D eigenvalue weighted by atomic mass is 35.5. The molecule has 0 bridgehead atoms. The summed E-state index contributed by atoms with van der Waals surface area (Å²) in [5.74, 6) is 0. The Hall–Kier alpha value is -1.36. The van der Waals surface area contributed by atoms with Gasteiger partial charge in [0.15, 0.2) is 0 Å². The number of hydrogen-bond acceptors (Lipinski definition) is 2. The second kappa shape index (κ2) is 5.79. The van der Waals surface area contributed by atoms with Gasteiger partial charge >= 0.3 is 0 Å². The Morgan fingerprint density at radius 3 is 2.19 bits per heavy atom. The Bertz CT molecular complexity index is 710. The van der Waals surface area contributed by atoms with Gasteiger partial charge in [-0.1, -0.05) is 41.9 Å². The molecule has 0 radical (unpaired) electrons. The van der Waals surface area contributed by atoms with Crippen molar-refractivity contribution in [1.82, 2.24) is 4.31 Å². The van der Waals surface area contributed by atoms with Gasteiger partial charge in [0, 0.05) is 17.6 Å². The highest BCUT2D eigenvalue weighted by Crippen LogP contribution is 2.33. The van der Waals surface area contributed by atoms with Gasteiger partial charge in [-0.3, -0.25) is 0 Å². The second-order valence-corrected chi connectivity index (χ2v) is 7.55. The van der Waals surface area contributed by atoms with Gasteiger partial charge in [0.2, 0.25) is 10.0 Å². The third-order valence-corrected chi connectivity index (χ3v) is 5.72. The fourth-order valence-corrected chi connectivity index (χ4v) is 4.08. The summed E-state index contributed by atoms with van der Waals surface area (Å²) in [5.41, 5.74) is 1.00. The zero-order valence-electron chi connectivity index (χ0n) is 11.4. The van der Waals surface area contributed by atoms with Crippen molar-refractivity contribution in [3.8, 4) is 0 Å². The third kappa shape index (κ3) is 3.28. The highest BCUT2D eigenvalue weighted by molar-refractivity contribution is 7.89. The fraction of sp³-hybridized carbons (Fsp3) is 0.250. The Labute approximate surface area is 130 Å². The van der Waals surface area contributed by atoms with E-state index < -0.39 is 10.0 Å². The van der Waals surface area contributed by atoms with Crippen molar-refractivity contribution < 1.29 is 8.42 Å². The van der Waals surface area contributed by atoms with Crippen LogP contribution in [0, 0.1) is 0 Å². The van der Waals surface area contributed by atoms with Crippen LogP contribution in [0.3, 0.4) is 0 Å². The van der Waals surface area contributed by atoms with Crippen LogP contribution in [0.4, 0.5) is 0 Å². The fourth-order valence-electron chi connectivity index (χ4n) is 2.28. The first-order valence-corrected chi connectivity index (χ1v) is 8.70. The van der Waals surface area contributed by atoms with Crippen molar-refractivity contribution in [2.45, 2.75) is 30.3 Å². The quantitative estimate of drug-likeness (QED) is 0.842. The molecule has 2 aromatic rings. The van der Waals surface area contributed by atoms with Crippen LogP contribution in [0.25, 0.3) is 0 Å². The largest absolute Gasteiger partial charge is 0.243 e. The third-order valence-electron chi connectivity index (χ3n) is 3.56. The number of benzene rings is 2. The molecule has 1 saturated carbocycles. The first-order chi connectivity index (χ1) is 10.1. The van der Waals surface area contributed by atoms with E-state index in [0.717, 1.165) is 18.4 Å². The smallest absolute Gasteiger partial charge is 0.207 e. The van der Waals surface area contributed by atoms with Crippen molar-refractivity contribution in [1.29, 1.82) is 0 Å². The molecule has 3 rings (SSSR count). The van der Waals surface area contributed by atoms with Crippen molar-refractivity contribution in [2.24, 2.45) is 0 Å². The van der Waals surface area contributed by atoms with E-state index in [1.807, 2.05) is 30.3 Å². The summed E-state index contributed by atoms with van der Waals surface area (Å²) < 4.78 is 27.2. The minimum Gasteiger partial charge on any atom is -0.207 e. The molecule has 1 aliphatic rings. The molecule has 21 heavy (non-hydrogen) atoms. The summed E-state index contributed by atoms with van der Waals surface area (Å²) in [6.07, 6.45) is 1.86. The molecule has 0 aromatic heterocycles. The maximum Gasteiger partial charge on any atom is 0.243 e. The topological polar surface area (TPSA) is 37.4 Å². The van der Waals surface area contributed by atoms with E-state index in [4.69, 9.17) is 11.6 Å². The molecule has 0 unspecified atom stereocenters. The number of sulfonamides is 1. The summed E-state index contributed by atoms with van der Waals surface area (Å²) in [4.78, 5) is 0.301. The maximum atomic E-state index is 12.8. The lowest BCUT2D eigenvalue weighted by atomic mass is 10.2. The van der Waals surface area contributed by atoms with E-state index in [-0.39, 0.29) is 6.04 Å². The molecule has 0 spiro atoms. The van der Waals surface area contributed by atoms with Crippen molar-refractivity contribution in [3.05, 3.63) is 65.2 Å². The monoisotopic (exact) mass is 321 g/mol. The van der Waals surface area contributed by atoms with Crippen molar-refractivity contribution in [3.63, 3.8) is 0 Å². The molecule has 0 heterocycles. The Morgan fingerprint density at radius 1 is 1.00 bits per heavy atom. The lowest BCUT2D eigenvalue weighted by Gasteiger charge is -2.22. The molecule has 1 aliphatic carbocycles. The molecule has 0 saturated heterocycles. The molecule has 1 fully saturated rings. The SMILES string of the molecule is O=S(=O)(c1ccc(Cl)cc1)N(Cc1ccccc1)C1CC1. The second-order valence-electron chi connectivity index (χ2n) is 5.22. The zero-order chi connectivity index (χ0) is 14.9. The van der Waals surface area contributed by atoms with Crippen LogP contribution in [0.2, 0.25) is 5.02 Å². The van der Waals surface area contributed by atoms with Crippen LogP contribution in [0.15, 0.2) is 59.5 Å². The normalized spacial score (nSPS) is 15.3. The number of hydrogen-bond donors (Lipinski definition) is 0. The molecule has 3 nitrogen and oxygen atoms in total. The summed E-state index contributed by atoms with van der Waals surface area (Å²) in [7, 11) is -3.48. The predicted molar refractivity (Wildman–Crippen MR) is 83.6 cm³/mol. The average molecular weight is 322 g/mol. The van der Waals surface area contributed by atoms with Gasteiger partial charge in [-0.05, 0) is 42.7 Å². The van der Waals surface area contributed by atoms with Crippen LogP contribution < -0.4 is 0 Å². The minimum atomic E-state index is -3.48. The lowest BCUT2D eigenvalue weighted by molar-refractivity contribution is 0.398. The van der Waals surface area contributed by atoms with E-state index >= 15 is 0 Å². The van der Waals surface area contributed by atoms with Crippen LogP contribution in [0.1, 0.15) is 18.4 Å². The standard InChI is InChI=1S/C16H16ClNO2S/c17-14-6-10-16(11-7-14)21(19,20)18(15-8-9-15)12-13-4-2-1-3-5-13/h1-7,10-11,15H,8-9,12H2. The van der Waals surface area contributed by atoms with E-state index in [0.29, 0.717) is 16.5 Å². The van der Waals surface area contributed by atoms with Gasteiger partial charge in [-0.2, -0.15) is 4.31 Å². The molecule has 0 atom stereocenters. The van der Waals surface area contributed by atoms with Crippen LogP contribution in [-0.2, 0) is 16.6 Å². The van der Waals surface area contributed by atoms with Gasteiger partial charge in [0.05, 0.1) is 4.90 Å². The van der Waals surface area contributed by atoms with Gasteiger partial charge in [-0.25, -0.2) is 8.42 Å². The first kappa shape index (κ1) is 14.6. The van der Waals surface area contributed by atoms with Gasteiger partial charge in [0.1, 0.15) is 0 Å². The van der Waals surface area contributed by atoms with E-state index in [9.17, 15) is 8.42 Å². The van der Waals surface area contributed by atoms with Crippen molar-refractivity contribution in [2.75, 3.05) is 0 Å². The van der Waals surface area contributed by atoms with Gasteiger partial charge in [0.25, 0.3) is 0 Å². The lowest BCUT2D eigenvalue weighted by Crippen LogP contribution is -2.32. The number of rotatable bonds is 5. The molecule has 2 aromatic carbocycles. The molecule has 5 heteroatoms. The summed E-state index contributed by atoms with van der Waals surface area (Å²) in [6, 6.07) is 16.2. The van der Waals surface area contributed by atoms with Crippen LogP contribution >= 0.6 is 11.6 Å². The van der Waals surface area contributed by atoms with Crippen LogP contribution in [-0.4, -0.2) is 18.8 Å². The van der Waals surface area contributed by atoms with E-state index in [2.05, 4.69) is 0 Å². The summed E-state index contributed by atoms with van der Waals surface area (Å²) in [6.45, 7) is 0.413. The molecular formula is C16H16ClNO2S. The predicted octanol–water partition coefficient (Wildman–Crippen LogP) is 3.69. The zero-order valence-corrected chi connectivity index (χ0v) is 13.0. The number of halogens is 1. The Balaban J connectivity index is 1.91. The number of nitrogens with zero attached hydrogens (tertiary/aromatic N) is 1. The molecule has 110 valence electrons. The molecular weight excluding hydrogens is 306 g/mol. The molecule has 0 aliphatic heterocycles. The first-order valence-electron chi connectivity index (χ1n) is 6.89. The van der Waals surface area contributed by atoms with Gasteiger partial charge < -0.3 is 0 Å². The maximum absolute atomic E-state index is 12.8. The Kier molecular flexibility index (Phi) is 4.02. The van der Waals surface area contributed by atoms with Gasteiger partial charge in [-0.15, -0.1) is 0 Å². The van der Waals surface area contributed by atoms with Crippen LogP contribution in [0.5, 0.6) is 0 Å². The Morgan fingerprint density at radius 2 is 1.62 bits per heavy atom. The minimum absolute atomic E-state index is 0.117. The molecule has 0 amide bonds. The van der Waals surface area contributed by atoms with E-state index in [1.54, 1.807) is 28.6 Å². The summed E-state index contributed by atoms with van der Waals surface area (Å²) >= 11 is 5.84. The molecule has 0 N–H and O–H groups in total. The van der Waals surface area contributed by atoms with Crippen molar-refractivity contribution >= 4 is 21.6 Å². The highest BCUT2D eigenvalue weighted by Gasteiger charge is 2.37. The van der Waals surface area contributed by atoms with E-state index in [1.165, 1.54) is 0 Å². The average Bonchev–Trinajstić information content (AvgIpc) is 3.31.